The van der Waals surface area contributed by atoms with Crippen LogP contribution in [-0.2, 0) is 11.4 Å². The number of ether oxygens (including phenoxy) is 2. The number of halogens is 3. The van der Waals surface area contributed by atoms with E-state index in [0.29, 0.717) is 12.6 Å². The molecule has 2 aliphatic heterocycles. The molecule has 0 unspecified atom stereocenters. The molecule has 4 rings (SSSR count). The third-order valence-electron chi connectivity index (χ3n) is 6.21. The Hall–Kier alpha value is -3.27. The van der Waals surface area contributed by atoms with Gasteiger partial charge in [0.05, 0.1) is 7.11 Å². The number of rotatable bonds is 7. The monoisotopic (exact) mass is 508 g/mol. The second-order valence-corrected chi connectivity index (χ2v) is 8.77. The van der Waals surface area contributed by atoms with E-state index in [2.05, 4.69) is 9.80 Å². The topological polar surface area (TPSA) is 79.3 Å². The van der Waals surface area contributed by atoms with Gasteiger partial charge in [-0.15, -0.1) is 0 Å². The Kier molecular flexibility index (Phi) is 9.58. The summed E-state index contributed by atoms with van der Waals surface area (Å²) in [5.41, 5.74) is 1.82. The molecule has 1 amide bonds. The van der Waals surface area contributed by atoms with Crippen molar-refractivity contribution in [2.24, 2.45) is 0 Å². The lowest BCUT2D eigenvalue weighted by molar-refractivity contribution is -0.192. The number of likely N-dealkylation sites (tertiary alicyclic amines) is 2. The molecule has 0 aromatic heterocycles. The van der Waals surface area contributed by atoms with Crippen LogP contribution in [0.5, 0.6) is 11.5 Å². The molecular formula is C26H31F3N2O5. The lowest BCUT2D eigenvalue weighted by Gasteiger charge is -2.28. The number of carboxylic acid groups (broad SMARTS) is 1. The molecule has 2 aromatic rings. The van der Waals surface area contributed by atoms with E-state index in [4.69, 9.17) is 19.4 Å². The van der Waals surface area contributed by atoms with Gasteiger partial charge in [-0.3, -0.25) is 4.79 Å². The Bertz CT molecular complexity index is 990. The summed E-state index contributed by atoms with van der Waals surface area (Å²) in [6.07, 6.45) is -0.282. The molecule has 36 heavy (non-hydrogen) atoms. The molecule has 0 saturated carbocycles. The lowest BCUT2D eigenvalue weighted by Crippen LogP contribution is -2.42. The molecule has 1 N–H and O–H groups in total. The number of methoxy groups -OCH3 is 1. The maximum absolute atomic E-state index is 13.0. The molecule has 196 valence electrons. The van der Waals surface area contributed by atoms with Gasteiger partial charge < -0.3 is 24.4 Å². The Morgan fingerprint density at radius 3 is 2.08 bits per heavy atom. The predicted molar refractivity (Wildman–Crippen MR) is 127 cm³/mol. The molecule has 0 radical (unpaired) electrons. The molecule has 1 atom stereocenters. The van der Waals surface area contributed by atoms with E-state index in [9.17, 15) is 18.0 Å². The van der Waals surface area contributed by atoms with Crippen molar-refractivity contribution in [1.29, 1.82) is 0 Å². The van der Waals surface area contributed by atoms with E-state index in [1.165, 1.54) is 25.9 Å². The number of hydrogen-bond acceptors (Lipinski definition) is 5. The summed E-state index contributed by atoms with van der Waals surface area (Å²) >= 11 is 0. The zero-order valence-corrected chi connectivity index (χ0v) is 20.2. The van der Waals surface area contributed by atoms with E-state index in [1.54, 1.807) is 7.11 Å². The predicted octanol–water partition coefficient (Wildman–Crippen LogP) is 4.61. The summed E-state index contributed by atoms with van der Waals surface area (Å²) in [7, 11) is 1.66. The highest BCUT2D eigenvalue weighted by Crippen LogP contribution is 2.24. The standard InChI is InChI=1S/C24H30N2O3.C2HF3O2/c1-28-22-10-6-19(7-11-22)18-29-23-12-8-20(9-13-23)24(27)26-16-4-5-21(26)17-25-14-2-3-15-25;3-2(4,5)1(6)7/h6-13,21H,2-5,14-18H2,1H3;(H,6,7)/t21-;/m0./s1. The fourth-order valence-electron chi connectivity index (χ4n) is 4.30. The van der Waals surface area contributed by atoms with Crippen LogP contribution in [0.25, 0.3) is 0 Å². The first-order valence-electron chi connectivity index (χ1n) is 11.9. The summed E-state index contributed by atoms with van der Waals surface area (Å²) in [5, 5.41) is 7.12. The maximum atomic E-state index is 13.0. The molecule has 0 bridgehead atoms. The first-order valence-corrected chi connectivity index (χ1v) is 11.9. The van der Waals surface area contributed by atoms with Crippen LogP contribution in [-0.4, -0.2) is 72.3 Å². The van der Waals surface area contributed by atoms with Crippen molar-refractivity contribution >= 4 is 11.9 Å². The highest BCUT2D eigenvalue weighted by atomic mass is 19.4. The average Bonchev–Trinajstić information content (AvgIpc) is 3.55. The molecule has 2 aliphatic rings. The molecule has 2 fully saturated rings. The minimum absolute atomic E-state index is 0.147. The quantitative estimate of drug-likeness (QED) is 0.589. The van der Waals surface area contributed by atoms with Crippen molar-refractivity contribution < 1.29 is 37.3 Å². The third-order valence-corrected chi connectivity index (χ3v) is 6.21. The van der Waals surface area contributed by atoms with Gasteiger partial charge in [-0.2, -0.15) is 13.2 Å². The van der Waals surface area contributed by atoms with Crippen LogP contribution < -0.4 is 9.47 Å². The van der Waals surface area contributed by atoms with Crippen LogP contribution >= 0.6 is 0 Å². The third kappa shape index (κ3) is 7.87. The van der Waals surface area contributed by atoms with Crippen molar-refractivity contribution in [2.75, 3.05) is 33.3 Å². The molecule has 7 nitrogen and oxygen atoms in total. The van der Waals surface area contributed by atoms with Crippen molar-refractivity contribution in [3.05, 3.63) is 59.7 Å². The zero-order chi connectivity index (χ0) is 26.1. The summed E-state index contributed by atoms with van der Waals surface area (Å²) in [4.78, 5) is 26.5. The van der Waals surface area contributed by atoms with Gasteiger partial charge in [0.1, 0.15) is 18.1 Å². The van der Waals surface area contributed by atoms with E-state index in [1.807, 2.05) is 48.5 Å². The molecular weight excluding hydrogens is 477 g/mol. The first kappa shape index (κ1) is 27.3. The van der Waals surface area contributed by atoms with Gasteiger partial charge >= 0.3 is 12.1 Å². The number of amides is 1. The number of carboxylic acids is 1. The van der Waals surface area contributed by atoms with Crippen molar-refractivity contribution in [1.82, 2.24) is 9.80 Å². The second kappa shape index (κ2) is 12.6. The highest BCUT2D eigenvalue weighted by Gasteiger charge is 2.38. The fraction of sp³-hybridized carbons (Fsp3) is 0.462. The zero-order valence-electron chi connectivity index (χ0n) is 20.2. The number of aliphatic carboxylic acids is 1. The SMILES string of the molecule is COc1ccc(COc2ccc(C(=O)N3CCC[C@H]3CN3CCCC3)cc2)cc1.O=C(O)C(F)(F)F. The molecule has 10 heteroatoms. The Morgan fingerprint density at radius 2 is 1.53 bits per heavy atom. The normalized spacial score (nSPS) is 17.9. The van der Waals surface area contributed by atoms with E-state index in [-0.39, 0.29) is 5.91 Å². The van der Waals surface area contributed by atoms with Crippen molar-refractivity contribution in [2.45, 2.75) is 44.5 Å². The number of carbonyl (C=O) groups is 2. The van der Waals surface area contributed by atoms with Gasteiger partial charge in [0, 0.05) is 24.7 Å². The Morgan fingerprint density at radius 1 is 0.944 bits per heavy atom. The van der Waals surface area contributed by atoms with Gasteiger partial charge in [0.15, 0.2) is 0 Å². The van der Waals surface area contributed by atoms with E-state index < -0.39 is 12.1 Å². The van der Waals surface area contributed by atoms with Crippen molar-refractivity contribution in [3.8, 4) is 11.5 Å². The van der Waals surface area contributed by atoms with Gasteiger partial charge in [-0.1, -0.05) is 12.1 Å². The average molecular weight is 509 g/mol. The number of hydrogen-bond donors (Lipinski definition) is 1. The van der Waals surface area contributed by atoms with Crippen LogP contribution in [0, 0.1) is 0 Å². The lowest BCUT2D eigenvalue weighted by atomic mass is 10.1. The maximum Gasteiger partial charge on any atom is 0.490 e. The molecule has 0 spiro atoms. The summed E-state index contributed by atoms with van der Waals surface area (Å²) in [6.45, 7) is 4.74. The van der Waals surface area contributed by atoms with Crippen LogP contribution in [0.1, 0.15) is 41.6 Å². The van der Waals surface area contributed by atoms with Crippen LogP contribution in [0.3, 0.4) is 0 Å². The largest absolute Gasteiger partial charge is 0.497 e. The summed E-state index contributed by atoms with van der Waals surface area (Å²) in [6, 6.07) is 15.7. The molecule has 0 aliphatic carbocycles. The van der Waals surface area contributed by atoms with Crippen molar-refractivity contribution in [3.63, 3.8) is 0 Å². The van der Waals surface area contributed by atoms with Crippen LogP contribution in [0.4, 0.5) is 13.2 Å². The minimum atomic E-state index is -5.08. The Labute approximate surface area is 208 Å². The minimum Gasteiger partial charge on any atom is -0.497 e. The number of carbonyl (C=O) groups excluding carboxylic acids is 1. The number of nitrogens with zero attached hydrogens (tertiary/aromatic N) is 2. The van der Waals surface area contributed by atoms with Gasteiger partial charge in [0.25, 0.3) is 5.91 Å². The van der Waals surface area contributed by atoms with Crippen LogP contribution in [0.2, 0.25) is 0 Å². The molecule has 2 aromatic carbocycles. The fourth-order valence-corrected chi connectivity index (χ4v) is 4.30. The van der Waals surface area contributed by atoms with Gasteiger partial charge in [-0.05, 0) is 80.7 Å². The van der Waals surface area contributed by atoms with E-state index in [0.717, 1.165) is 48.6 Å². The van der Waals surface area contributed by atoms with Gasteiger partial charge in [0.2, 0.25) is 0 Å². The van der Waals surface area contributed by atoms with E-state index >= 15 is 0 Å². The summed E-state index contributed by atoms with van der Waals surface area (Å²) < 4.78 is 42.8. The first-order chi connectivity index (χ1) is 17.2. The molecule has 2 heterocycles. The number of alkyl halides is 3. The molecule has 2 saturated heterocycles. The number of benzene rings is 2. The summed E-state index contributed by atoms with van der Waals surface area (Å²) in [5.74, 6) is -1.00. The smallest absolute Gasteiger partial charge is 0.490 e. The highest BCUT2D eigenvalue weighted by molar-refractivity contribution is 5.94. The van der Waals surface area contributed by atoms with Crippen LogP contribution in [0.15, 0.2) is 48.5 Å². The second-order valence-electron chi connectivity index (χ2n) is 8.77. The van der Waals surface area contributed by atoms with Gasteiger partial charge in [-0.25, -0.2) is 4.79 Å². The Balaban J connectivity index is 0.000000454.